The first-order valence-corrected chi connectivity index (χ1v) is 13.5. The van der Waals surface area contributed by atoms with Crippen molar-refractivity contribution in [1.29, 1.82) is 0 Å². The van der Waals surface area contributed by atoms with Crippen LogP contribution in [0.25, 0.3) is 0 Å². The Labute approximate surface area is 212 Å². The summed E-state index contributed by atoms with van der Waals surface area (Å²) in [6.45, 7) is 1.73. The normalized spacial score (nSPS) is 13.7. The molecule has 6 heteroatoms. The lowest BCUT2D eigenvalue weighted by molar-refractivity contribution is 0.0730. The maximum Gasteiger partial charge on any atom is 0.254 e. The lowest BCUT2D eigenvalue weighted by Gasteiger charge is -2.28. The Kier molecular flexibility index (Phi) is 6.98. The predicted octanol–water partition coefficient (Wildman–Crippen LogP) is 5.28. The molecule has 0 fully saturated rings. The monoisotopic (exact) mass is 496 g/mol. The van der Waals surface area contributed by atoms with Gasteiger partial charge in [0.25, 0.3) is 5.91 Å². The molecule has 4 aromatic rings. The molecule has 5 rings (SSSR count). The number of amides is 1. The van der Waals surface area contributed by atoms with Gasteiger partial charge in [-0.05, 0) is 52.9 Å². The highest BCUT2D eigenvalue weighted by Crippen LogP contribution is 2.25. The topological polar surface area (TPSA) is 57.7 Å². The van der Waals surface area contributed by atoms with Gasteiger partial charge in [-0.15, -0.1) is 0 Å². The second-order valence-corrected chi connectivity index (χ2v) is 11.0. The minimum absolute atomic E-state index is 0.140. The van der Waals surface area contributed by atoms with Crippen molar-refractivity contribution >= 4 is 15.9 Å². The van der Waals surface area contributed by atoms with Crippen molar-refractivity contribution in [2.45, 2.75) is 31.0 Å². The first-order chi connectivity index (χ1) is 17.5. The summed E-state index contributed by atoms with van der Waals surface area (Å²) in [5, 5.41) is 0. The highest BCUT2D eigenvalue weighted by molar-refractivity contribution is 7.89. The quantitative estimate of drug-likeness (QED) is 0.350. The molecule has 4 aromatic carbocycles. The minimum atomic E-state index is -3.66. The van der Waals surface area contributed by atoms with Gasteiger partial charge in [0.05, 0.1) is 4.90 Å². The predicted molar refractivity (Wildman–Crippen MR) is 141 cm³/mol. The zero-order valence-electron chi connectivity index (χ0n) is 20.0. The van der Waals surface area contributed by atoms with Crippen LogP contribution in [-0.4, -0.2) is 30.1 Å². The maximum atomic E-state index is 13.5. The van der Waals surface area contributed by atoms with E-state index < -0.39 is 10.0 Å². The zero-order chi connectivity index (χ0) is 25.0. The third-order valence-electron chi connectivity index (χ3n) is 6.55. The third kappa shape index (κ3) is 5.25. The molecule has 0 spiro atoms. The Balaban J connectivity index is 1.36. The van der Waals surface area contributed by atoms with E-state index in [1.807, 2.05) is 78.9 Å². The van der Waals surface area contributed by atoms with E-state index >= 15 is 0 Å². The molecule has 0 atom stereocenters. The molecule has 0 bridgehead atoms. The van der Waals surface area contributed by atoms with Crippen LogP contribution in [0.3, 0.4) is 0 Å². The van der Waals surface area contributed by atoms with Crippen LogP contribution in [0.4, 0.5) is 0 Å². The molecule has 1 heterocycles. The number of rotatable bonds is 7. The number of benzene rings is 4. The summed E-state index contributed by atoms with van der Waals surface area (Å²) >= 11 is 0. The summed E-state index contributed by atoms with van der Waals surface area (Å²) in [6, 6.07) is 34.0. The SMILES string of the molecule is O=C(c1ccc(S(=O)(=O)N2CCc3ccccc3C2)cc1)N(Cc1ccccc1)Cc1ccccc1. The lowest BCUT2D eigenvalue weighted by atomic mass is 10.0. The standard InChI is InChI=1S/C30H28N2O3S/c33-30(31(21-24-9-3-1-4-10-24)22-25-11-5-2-6-12-25)27-15-17-29(18-16-27)36(34,35)32-20-19-26-13-7-8-14-28(26)23-32/h1-18H,19-23H2. The highest BCUT2D eigenvalue weighted by Gasteiger charge is 2.28. The van der Waals surface area contributed by atoms with Gasteiger partial charge in [0.15, 0.2) is 0 Å². The van der Waals surface area contributed by atoms with Crippen LogP contribution in [0, 0.1) is 0 Å². The van der Waals surface area contributed by atoms with Gasteiger partial charge in [0.1, 0.15) is 0 Å². The van der Waals surface area contributed by atoms with E-state index in [4.69, 9.17) is 0 Å². The molecular weight excluding hydrogens is 468 g/mol. The van der Waals surface area contributed by atoms with Crippen molar-refractivity contribution in [2.75, 3.05) is 6.54 Å². The Hall–Kier alpha value is -3.74. The molecule has 1 aliphatic heterocycles. The lowest BCUT2D eigenvalue weighted by Crippen LogP contribution is -2.36. The molecule has 5 nitrogen and oxygen atoms in total. The third-order valence-corrected chi connectivity index (χ3v) is 8.41. The number of carbonyl (C=O) groups excluding carboxylic acids is 1. The summed E-state index contributed by atoms with van der Waals surface area (Å²) in [7, 11) is -3.66. The van der Waals surface area contributed by atoms with E-state index in [1.54, 1.807) is 29.2 Å². The molecule has 0 saturated heterocycles. The molecule has 0 aromatic heterocycles. The molecule has 36 heavy (non-hydrogen) atoms. The molecular formula is C30H28N2O3S. The van der Waals surface area contributed by atoms with Crippen LogP contribution in [0.5, 0.6) is 0 Å². The highest BCUT2D eigenvalue weighted by atomic mass is 32.2. The zero-order valence-corrected chi connectivity index (χ0v) is 20.8. The second kappa shape index (κ2) is 10.5. The van der Waals surface area contributed by atoms with Gasteiger partial charge in [-0.25, -0.2) is 8.42 Å². The van der Waals surface area contributed by atoms with Crippen LogP contribution < -0.4 is 0 Å². The molecule has 0 saturated carbocycles. The number of carbonyl (C=O) groups is 1. The van der Waals surface area contributed by atoms with Crippen molar-refractivity contribution in [3.63, 3.8) is 0 Å². The fourth-order valence-electron chi connectivity index (χ4n) is 4.58. The van der Waals surface area contributed by atoms with Gasteiger partial charge in [0.2, 0.25) is 10.0 Å². The van der Waals surface area contributed by atoms with Crippen LogP contribution >= 0.6 is 0 Å². The smallest absolute Gasteiger partial charge is 0.254 e. The van der Waals surface area contributed by atoms with Crippen LogP contribution in [-0.2, 0) is 36.1 Å². The summed E-state index contributed by atoms with van der Waals surface area (Å²) in [4.78, 5) is 15.5. The van der Waals surface area contributed by atoms with Gasteiger partial charge >= 0.3 is 0 Å². The molecule has 1 aliphatic rings. The van der Waals surface area contributed by atoms with E-state index in [2.05, 4.69) is 6.07 Å². The maximum absolute atomic E-state index is 13.5. The fourth-order valence-corrected chi connectivity index (χ4v) is 6.00. The van der Waals surface area contributed by atoms with E-state index in [9.17, 15) is 13.2 Å². The van der Waals surface area contributed by atoms with Crippen LogP contribution in [0.15, 0.2) is 114 Å². The van der Waals surface area contributed by atoms with E-state index in [0.29, 0.717) is 38.2 Å². The summed E-state index contributed by atoms with van der Waals surface area (Å²) in [6.07, 6.45) is 0.694. The number of hydrogen-bond acceptors (Lipinski definition) is 3. The number of fused-ring (bicyclic) bond motifs is 1. The van der Waals surface area contributed by atoms with Gasteiger partial charge in [-0.3, -0.25) is 4.79 Å². The van der Waals surface area contributed by atoms with Crippen LogP contribution in [0.2, 0.25) is 0 Å². The summed E-state index contributed by atoms with van der Waals surface area (Å²) in [5.41, 5.74) is 4.76. The molecule has 182 valence electrons. The molecule has 0 N–H and O–H groups in total. The first-order valence-electron chi connectivity index (χ1n) is 12.0. The molecule has 1 amide bonds. The number of sulfonamides is 1. The average molecular weight is 497 g/mol. The van der Waals surface area contributed by atoms with Crippen molar-refractivity contribution in [3.8, 4) is 0 Å². The van der Waals surface area contributed by atoms with Crippen molar-refractivity contribution in [3.05, 3.63) is 137 Å². The molecule has 0 aliphatic carbocycles. The van der Waals surface area contributed by atoms with E-state index in [1.165, 1.54) is 9.87 Å². The minimum Gasteiger partial charge on any atom is -0.330 e. The molecule has 0 unspecified atom stereocenters. The number of nitrogens with zero attached hydrogens (tertiary/aromatic N) is 2. The summed E-state index contributed by atoms with van der Waals surface area (Å²) < 4.78 is 28.2. The molecule has 0 radical (unpaired) electrons. The summed E-state index contributed by atoms with van der Waals surface area (Å²) in [5.74, 6) is -0.140. The average Bonchev–Trinajstić information content (AvgIpc) is 2.93. The Morgan fingerprint density at radius 2 is 1.22 bits per heavy atom. The van der Waals surface area contributed by atoms with Gasteiger partial charge in [0, 0.05) is 31.7 Å². The Morgan fingerprint density at radius 1 is 0.694 bits per heavy atom. The number of hydrogen-bond donors (Lipinski definition) is 0. The van der Waals surface area contributed by atoms with E-state index in [0.717, 1.165) is 16.7 Å². The van der Waals surface area contributed by atoms with Crippen molar-refractivity contribution in [1.82, 2.24) is 9.21 Å². The van der Waals surface area contributed by atoms with Crippen molar-refractivity contribution in [2.24, 2.45) is 0 Å². The van der Waals surface area contributed by atoms with Crippen LogP contribution in [0.1, 0.15) is 32.6 Å². The van der Waals surface area contributed by atoms with Gasteiger partial charge in [-0.2, -0.15) is 4.31 Å². The first kappa shape index (κ1) is 24.0. The largest absolute Gasteiger partial charge is 0.330 e. The fraction of sp³-hybridized carbons (Fsp3) is 0.167. The Bertz CT molecular complexity index is 1400. The van der Waals surface area contributed by atoms with Gasteiger partial charge < -0.3 is 4.90 Å². The Morgan fingerprint density at radius 3 is 1.81 bits per heavy atom. The van der Waals surface area contributed by atoms with E-state index in [-0.39, 0.29) is 10.8 Å². The van der Waals surface area contributed by atoms with Gasteiger partial charge in [-0.1, -0.05) is 84.9 Å². The second-order valence-electron chi connectivity index (χ2n) is 9.01. The van der Waals surface area contributed by atoms with Crippen molar-refractivity contribution < 1.29 is 13.2 Å².